The van der Waals surface area contributed by atoms with Crippen molar-refractivity contribution < 1.29 is 9.53 Å². The Bertz CT molecular complexity index is 936. The lowest BCUT2D eigenvalue weighted by atomic mass is 9.97. The summed E-state index contributed by atoms with van der Waals surface area (Å²) in [6.07, 6.45) is 8.60. The van der Waals surface area contributed by atoms with E-state index in [0.29, 0.717) is 19.0 Å². The predicted octanol–water partition coefficient (Wildman–Crippen LogP) is 3.20. The Kier molecular flexibility index (Phi) is 5.95. The molecule has 1 aromatic carbocycles. The number of nitrogens with zero attached hydrogens (tertiary/aromatic N) is 4. The van der Waals surface area contributed by atoms with Crippen molar-refractivity contribution in [2.24, 2.45) is 5.92 Å². The van der Waals surface area contributed by atoms with Crippen molar-refractivity contribution in [2.45, 2.75) is 19.4 Å². The molecular formula is C22H23N5O2. The van der Waals surface area contributed by atoms with Gasteiger partial charge >= 0.3 is 0 Å². The number of hydrogen-bond acceptors (Lipinski definition) is 6. The molecule has 7 heteroatoms. The number of rotatable bonds is 6. The van der Waals surface area contributed by atoms with Crippen LogP contribution in [0.4, 0.5) is 5.82 Å². The third-order valence-electron chi connectivity index (χ3n) is 4.90. The number of carbonyl (C=O) groups excluding carboxylic acids is 1. The van der Waals surface area contributed by atoms with Gasteiger partial charge in [0.2, 0.25) is 11.8 Å². The molecule has 0 aliphatic carbocycles. The number of piperidine rings is 1. The van der Waals surface area contributed by atoms with Crippen molar-refractivity contribution in [3.8, 4) is 11.6 Å². The maximum Gasteiger partial charge on any atom is 0.225 e. The predicted molar refractivity (Wildman–Crippen MR) is 110 cm³/mol. The van der Waals surface area contributed by atoms with Crippen LogP contribution in [0.25, 0.3) is 0 Å². The molecule has 1 amide bonds. The number of nitrogens with one attached hydrogen (secondary N) is 1. The van der Waals surface area contributed by atoms with Gasteiger partial charge in [-0.3, -0.25) is 9.78 Å². The second-order valence-electron chi connectivity index (χ2n) is 6.98. The zero-order valence-corrected chi connectivity index (χ0v) is 16.1. The molecule has 0 unspecified atom stereocenters. The van der Waals surface area contributed by atoms with Crippen LogP contribution in [0, 0.1) is 5.92 Å². The van der Waals surface area contributed by atoms with Crippen molar-refractivity contribution in [1.82, 2.24) is 20.3 Å². The fourth-order valence-corrected chi connectivity index (χ4v) is 3.41. The number of amides is 1. The minimum atomic E-state index is -0.0624. The Hall–Kier alpha value is -3.48. The summed E-state index contributed by atoms with van der Waals surface area (Å²) in [4.78, 5) is 27.5. The van der Waals surface area contributed by atoms with E-state index in [1.807, 2.05) is 42.5 Å². The standard InChI is InChI=1S/C22H23N5O2/c28-22(18-5-4-12-27(16-18)20-15-23-10-11-24-20)26-14-17-8-9-25-21(13-17)29-19-6-2-1-3-7-19/h1-3,6-11,13,15,18H,4-5,12,14,16H2,(H,26,28)/t18-/m0/s1. The highest BCUT2D eigenvalue weighted by molar-refractivity contribution is 5.79. The van der Waals surface area contributed by atoms with E-state index in [2.05, 4.69) is 25.2 Å². The van der Waals surface area contributed by atoms with E-state index in [0.717, 1.165) is 36.5 Å². The van der Waals surface area contributed by atoms with Crippen LogP contribution >= 0.6 is 0 Å². The molecule has 1 saturated heterocycles. The number of carbonyl (C=O) groups is 1. The molecule has 3 aromatic rings. The zero-order chi connectivity index (χ0) is 19.9. The van der Waals surface area contributed by atoms with Gasteiger partial charge in [0.1, 0.15) is 11.6 Å². The lowest BCUT2D eigenvalue weighted by molar-refractivity contribution is -0.125. The molecule has 0 radical (unpaired) electrons. The summed E-state index contributed by atoms with van der Waals surface area (Å²) in [5.41, 5.74) is 0.945. The van der Waals surface area contributed by atoms with Crippen LogP contribution in [-0.2, 0) is 11.3 Å². The lowest BCUT2D eigenvalue weighted by Gasteiger charge is -2.32. The smallest absolute Gasteiger partial charge is 0.225 e. The number of pyridine rings is 1. The number of anilines is 1. The Morgan fingerprint density at radius 3 is 2.86 bits per heavy atom. The molecule has 1 atom stereocenters. The van der Waals surface area contributed by atoms with Crippen molar-refractivity contribution in [1.29, 1.82) is 0 Å². The first-order valence-corrected chi connectivity index (χ1v) is 9.74. The first kappa shape index (κ1) is 18.9. The molecule has 3 heterocycles. The first-order chi connectivity index (χ1) is 14.3. The fourth-order valence-electron chi connectivity index (χ4n) is 3.41. The molecule has 0 saturated carbocycles. The molecule has 4 rings (SSSR count). The molecule has 1 fully saturated rings. The minimum Gasteiger partial charge on any atom is -0.439 e. The quantitative estimate of drug-likeness (QED) is 0.697. The molecule has 29 heavy (non-hydrogen) atoms. The molecule has 1 aliphatic rings. The highest BCUT2D eigenvalue weighted by Crippen LogP contribution is 2.22. The number of hydrogen-bond donors (Lipinski definition) is 1. The SMILES string of the molecule is O=C(NCc1ccnc(Oc2ccccc2)c1)[C@H]1CCCN(c2cnccn2)C1. The van der Waals surface area contributed by atoms with Crippen molar-refractivity contribution in [2.75, 3.05) is 18.0 Å². The summed E-state index contributed by atoms with van der Waals surface area (Å²) < 4.78 is 5.76. The van der Waals surface area contributed by atoms with Crippen molar-refractivity contribution in [3.63, 3.8) is 0 Å². The number of benzene rings is 1. The van der Waals surface area contributed by atoms with Gasteiger partial charge in [-0.1, -0.05) is 18.2 Å². The Morgan fingerprint density at radius 1 is 1.14 bits per heavy atom. The van der Waals surface area contributed by atoms with Crippen LogP contribution < -0.4 is 15.0 Å². The van der Waals surface area contributed by atoms with Gasteiger partial charge in [-0.05, 0) is 36.6 Å². The topological polar surface area (TPSA) is 80.2 Å². The van der Waals surface area contributed by atoms with Crippen LogP contribution in [0.2, 0.25) is 0 Å². The van der Waals surface area contributed by atoms with Gasteiger partial charge in [-0.15, -0.1) is 0 Å². The first-order valence-electron chi connectivity index (χ1n) is 9.74. The van der Waals surface area contributed by atoms with Gasteiger partial charge in [0.25, 0.3) is 0 Å². The van der Waals surface area contributed by atoms with Gasteiger partial charge in [0.05, 0.1) is 12.1 Å². The van der Waals surface area contributed by atoms with Gasteiger partial charge in [0, 0.05) is 44.3 Å². The summed E-state index contributed by atoms with van der Waals surface area (Å²) >= 11 is 0. The molecule has 1 N–H and O–H groups in total. The number of ether oxygens (including phenoxy) is 1. The van der Waals surface area contributed by atoms with E-state index >= 15 is 0 Å². The van der Waals surface area contributed by atoms with Crippen LogP contribution in [0.1, 0.15) is 18.4 Å². The second kappa shape index (κ2) is 9.14. The van der Waals surface area contributed by atoms with E-state index in [1.165, 1.54) is 0 Å². The maximum absolute atomic E-state index is 12.7. The van der Waals surface area contributed by atoms with Crippen LogP contribution in [-0.4, -0.2) is 33.9 Å². The normalized spacial score (nSPS) is 16.3. The van der Waals surface area contributed by atoms with Gasteiger partial charge in [0.15, 0.2) is 0 Å². The Labute approximate surface area is 169 Å². The van der Waals surface area contributed by atoms with Gasteiger partial charge in [-0.2, -0.15) is 0 Å². The van der Waals surface area contributed by atoms with E-state index < -0.39 is 0 Å². The Morgan fingerprint density at radius 2 is 2.03 bits per heavy atom. The molecule has 148 valence electrons. The highest BCUT2D eigenvalue weighted by Gasteiger charge is 2.26. The van der Waals surface area contributed by atoms with Gasteiger partial charge < -0.3 is 15.0 Å². The van der Waals surface area contributed by atoms with E-state index in [1.54, 1.807) is 24.8 Å². The summed E-state index contributed by atoms with van der Waals surface area (Å²) in [5, 5.41) is 3.05. The van der Waals surface area contributed by atoms with Crippen molar-refractivity contribution >= 4 is 11.7 Å². The second-order valence-corrected chi connectivity index (χ2v) is 6.98. The maximum atomic E-state index is 12.7. The largest absolute Gasteiger partial charge is 0.439 e. The fraction of sp³-hybridized carbons (Fsp3) is 0.273. The van der Waals surface area contributed by atoms with Gasteiger partial charge in [-0.25, -0.2) is 9.97 Å². The summed E-state index contributed by atoms with van der Waals surface area (Å²) in [6.45, 7) is 1.99. The number of para-hydroxylation sites is 1. The van der Waals surface area contributed by atoms with Crippen LogP contribution in [0.5, 0.6) is 11.6 Å². The van der Waals surface area contributed by atoms with Crippen molar-refractivity contribution in [3.05, 3.63) is 72.8 Å². The molecule has 1 aliphatic heterocycles. The third-order valence-corrected chi connectivity index (χ3v) is 4.90. The Balaban J connectivity index is 1.33. The molecule has 2 aromatic heterocycles. The lowest BCUT2D eigenvalue weighted by Crippen LogP contribution is -2.43. The zero-order valence-electron chi connectivity index (χ0n) is 16.1. The summed E-state index contributed by atoms with van der Waals surface area (Å²) in [6, 6.07) is 13.2. The number of aromatic nitrogens is 3. The third kappa shape index (κ3) is 5.07. The molecule has 0 bridgehead atoms. The summed E-state index contributed by atoms with van der Waals surface area (Å²) in [5.74, 6) is 2.05. The van der Waals surface area contributed by atoms with E-state index in [-0.39, 0.29) is 11.8 Å². The monoisotopic (exact) mass is 389 g/mol. The molecule has 7 nitrogen and oxygen atoms in total. The average molecular weight is 389 g/mol. The highest BCUT2D eigenvalue weighted by atomic mass is 16.5. The van der Waals surface area contributed by atoms with Crippen LogP contribution in [0.15, 0.2) is 67.3 Å². The average Bonchev–Trinajstić information content (AvgIpc) is 2.79. The van der Waals surface area contributed by atoms with E-state index in [4.69, 9.17) is 4.74 Å². The minimum absolute atomic E-state index is 0.0564. The van der Waals surface area contributed by atoms with Crippen LogP contribution in [0.3, 0.4) is 0 Å². The molecular weight excluding hydrogens is 366 g/mol. The summed E-state index contributed by atoms with van der Waals surface area (Å²) in [7, 11) is 0. The molecule has 0 spiro atoms. The van der Waals surface area contributed by atoms with E-state index in [9.17, 15) is 4.79 Å².